The van der Waals surface area contributed by atoms with Crippen molar-refractivity contribution in [1.29, 1.82) is 0 Å². The van der Waals surface area contributed by atoms with Crippen LogP contribution in [0.5, 0.6) is 0 Å². The highest BCUT2D eigenvalue weighted by molar-refractivity contribution is 5.29. The van der Waals surface area contributed by atoms with Gasteiger partial charge >= 0.3 is 0 Å². The summed E-state index contributed by atoms with van der Waals surface area (Å²) in [4.78, 5) is 0. The van der Waals surface area contributed by atoms with Crippen LogP contribution in [-0.4, -0.2) is 0 Å². The molecule has 0 aliphatic heterocycles. The first-order valence-corrected chi connectivity index (χ1v) is 11.6. The smallest absolute Gasteiger partial charge is 0.0169 e. The molecule has 0 spiro atoms. The Morgan fingerprint density at radius 3 is 1.96 bits per heavy atom. The van der Waals surface area contributed by atoms with E-state index in [1.807, 2.05) is 0 Å². The van der Waals surface area contributed by atoms with Gasteiger partial charge in [-0.3, -0.25) is 0 Å². The first kappa shape index (κ1) is 23.7. The Balaban J connectivity index is 1.94. The summed E-state index contributed by atoms with van der Waals surface area (Å²) < 4.78 is 0. The van der Waals surface area contributed by atoms with E-state index in [1.54, 1.807) is 11.1 Å². The highest BCUT2D eigenvalue weighted by Crippen LogP contribution is 2.21. The molecule has 1 rings (SSSR count). The molecule has 0 aliphatic carbocycles. The third-order valence-corrected chi connectivity index (χ3v) is 5.32. The molecule has 0 amide bonds. The maximum atomic E-state index is 2.37. The van der Waals surface area contributed by atoms with Crippen LogP contribution < -0.4 is 0 Å². The highest BCUT2D eigenvalue weighted by atomic mass is 14.1. The predicted octanol–water partition coefficient (Wildman–Crippen LogP) is 9.17. The van der Waals surface area contributed by atoms with E-state index in [0.29, 0.717) is 5.92 Å². The number of hydrogen-bond donors (Lipinski definition) is 0. The van der Waals surface area contributed by atoms with Gasteiger partial charge in [0.1, 0.15) is 0 Å². The Labute approximate surface area is 170 Å². The molecule has 0 nitrogen and oxygen atoms in total. The van der Waals surface area contributed by atoms with E-state index in [-0.39, 0.29) is 0 Å². The second kappa shape index (κ2) is 16.8. The van der Waals surface area contributed by atoms with E-state index < -0.39 is 0 Å². The standard InChI is InChI=1S/C27H44/c1-4-5-6-7-8-9-10-11-12-13-14-15-16-17-18-19-22-26-23-20-21-24-27(26)25(2)3/h8-9,11-12,20-21,23-25H,4-7,10,13-19,22H2,1-3H3/b9-8-,12-11-. The maximum Gasteiger partial charge on any atom is -0.0169 e. The molecule has 0 heteroatoms. The van der Waals surface area contributed by atoms with Crippen molar-refractivity contribution in [2.75, 3.05) is 0 Å². The Kier molecular flexibility index (Phi) is 14.8. The van der Waals surface area contributed by atoms with Crippen molar-refractivity contribution >= 4 is 0 Å². The summed E-state index contributed by atoms with van der Waals surface area (Å²) in [5.74, 6) is 0.644. The van der Waals surface area contributed by atoms with Gasteiger partial charge in [0.25, 0.3) is 0 Å². The van der Waals surface area contributed by atoms with Crippen LogP contribution in [-0.2, 0) is 6.42 Å². The summed E-state index contributed by atoms with van der Waals surface area (Å²) in [7, 11) is 0. The van der Waals surface area contributed by atoms with E-state index in [9.17, 15) is 0 Å². The van der Waals surface area contributed by atoms with Crippen LogP contribution in [0.2, 0.25) is 0 Å². The minimum atomic E-state index is 0.644. The Bertz CT molecular complexity index is 507. The van der Waals surface area contributed by atoms with Crippen molar-refractivity contribution < 1.29 is 0 Å². The van der Waals surface area contributed by atoms with Crippen molar-refractivity contribution in [3.05, 3.63) is 59.7 Å². The molecule has 0 aromatic heterocycles. The van der Waals surface area contributed by atoms with Crippen molar-refractivity contribution in [2.45, 2.75) is 110 Å². The molecule has 0 heterocycles. The van der Waals surface area contributed by atoms with Crippen LogP contribution in [0.4, 0.5) is 0 Å². The van der Waals surface area contributed by atoms with Crippen LogP contribution in [0.3, 0.4) is 0 Å². The molecule has 0 bridgehead atoms. The summed E-state index contributed by atoms with van der Waals surface area (Å²) >= 11 is 0. The molecule has 27 heavy (non-hydrogen) atoms. The fourth-order valence-electron chi connectivity index (χ4n) is 3.63. The van der Waals surface area contributed by atoms with Crippen molar-refractivity contribution in [1.82, 2.24) is 0 Å². The van der Waals surface area contributed by atoms with E-state index in [1.165, 1.54) is 77.0 Å². The summed E-state index contributed by atoms with van der Waals surface area (Å²) in [6.45, 7) is 6.87. The lowest BCUT2D eigenvalue weighted by atomic mass is 9.94. The summed E-state index contributed by atoms with van der Waals surface area (Å²) in [6.07, 6.45) is 26.6. The topological polar surface area (TPSA) is 0 Å². The Hall–Kier alpha value is -1.30. The van der Waals surface area contributed by atoms with Gasteiger partial charge in [-0.15, -0.1) is 0 Å². The van der Waals surface area contributed by atoms with Gasteiger partial charge in [0.2, 0.25) is 0 Å². The monoisotopic (exact) mass is 368 g/mol. The van der Waals surface area contributed by atoms with Gasteiger partial charge in [-0.2, -0.15) is 0 Å². The molecule has 0 saturated heterocycles. The zero-order valence-electron chi connectivity index (χ0n) is 18.4. The molecule has 152 valence electrons. The Morgan fingerprint density at radius 2 is 1.30 bits per heavy atom. The van der Waals surface area contributed by atoms with Crippen LogP contribution in [0.25, 0.3) is 0 Å². The van der Waals surface area contributed by atoms with E-state index in [2.05, 4.69) is 69.3 Å². The average molecular weight is 369 g/mol. The molecular weight excluding hydrogens is 324 g/mol. The first-order chi connectivity index (χ1) is 13.3. The number of rotatable bonds is 16. The molecule has 0 aliphatic rings. The largest absolute Gasteiger partial charge is 0.0882 e. The second-order valence-electron chi connectivity index (χ2n) is 8.19. The normalized spacial score (nSPS) is 12.0. The number of allylic oxidation sites excluding steroid dienone is 4. The van der Waals surface area contributed by atoms with Crippen LogP contribution in [0.1, 0.15) is 115 Å². The fourth-order valence-corrected chi connectivity index (χ4v) is 3.63. The van der Waals surface area contributed by atoms with E-state index in [4.69, 9.17) is 0 Å². The van der Waals surface area contributed by atoms with Gasteiger partial charge in [0.15, 0.2) is 0 Å². The van der Waals surface area contributed by atoms with Gasteiger partial charge in [-0.05, 0) is 62.0 Å². The zero-order valence-corrected chi connectivity index (χ0v) is 18.4. The number of unbranched alkanes of at least 4 members (excludes halogenated alkanes) is 9. The van der Waals surface area contributed by atoms with Gasteiger partial charge in [0, 0.05) is 0 Å². The average Bonchev–Trinajstić information content (AvgIpc) is 2.68. The fraction of sp³-hybridized carbons (Fsp3) is 0.630. The summed E-state index contributed by atoms with van der Waals surface area (Å²) in [5.41, 5.74) is 3.11. The minimum Gasteiger partial charge on any atom is -0.0882 e. The van der Waals surface area contributed by atoms with Crippen molar-refractivity contribution in [2.24, 2.45) is 0 Å². The minimum absolute atomic E-state index is 0.644. The number of benzene rings is 1. The molecule has 0 fully saturated rings. The van der Waals surface area contributed by atoms with Gasteiger partial charge in [0.05, 0.1) is 0 Å². The lowest BCUT2D eigenvalue weighted by molar-refractivity contribution is 0.595. The third-order valence-electron chi connectivity index (χ3n) is 5.32. The molecule has 0 saturated carbocycles. The first-order valence-electron chi connectivity index (χ1n) is 11.6. The molecular formula is C27H44. The van der Waals surface area contributed by atoms with Gasteiger partial charge < -0.3 is 0 Å². The molecule has 0 N–H and O–H groups in total. The molecule has 0 radical (unpaired) electrons. The quantitative estimate of drug-likeness (QED) is 0.201. The molecule has 0 atom stereocenters. The van der Waals surface area contributed by atoms with Crippen LogP contribution in [0.15, 0.2) is 48.6 Å². The van der Waals surface area contributed by atoms with Crippen LogP contribution in [0, 0.1) is 0 Å². The van der Waals surface area contributed by atoms with Gasteiger partial charge in [-0.1, -0.05) is 108 Å². The SMILES string of the molecule is CCCCC/C=C\C/C=C\CCCCCCCCc1ccccc1C(C)C. The van der Waals surface area contributed by atoms with Crippen molar-refractivity contribution in [3.8, 4) is 0 Å². The lowest BCUT2D eigenvalue weighted by Gasteiger charge is -2.12. The predicted molar refractivity (Wildman–Crippen MR) is 124 cm³/mol. The molecule has 0 unspecified atom stereocenters. The Morgan fingerprint density at radius 1 is 0.704 bits per heavy atom. The van der Waals surface area contributed by atoms with Gasteiger partial charge in [-0.25, -0.2) is 0 Å². The lowest BCUT2D eigenvalue weighted by Crippen LogP contribution is -1.96. The van der Waals surface area contributed by atoms with E-state index in [0.717, 1.165) is 6.42 Å². The van der Waals surface area contributed by atoms with Crippen LogP contribution >= 0.6 is 0 Å². The van der Waals surface area contributed by atoms with Crippen molar-refractivity contribution in [3.63, 3.8) is 0 Å². The molecule has 1 aromatic carbocycles. The highest BCUT2D eigenvalue weighted by Gasteiger charge is 2.04. The second-order valence-corrected chi connectivity index (χ2v) is 8.19. The third kappa shape index (κ3) is 12.7. The zero-order chi connectivity index (χ0) is 19.6. The number of hydrogen-bond acceptors (Lipinski definition) is 0. The summed E-state index contributed by atoms with van der Waals surface area (Å²) in [5, 5.41) is 0. The summed E-state index contributed by atoms with van der Waals surface area (Å²) in [6, 6.07) is 8.99. The van der Waals surface area contributed by atoms with E-state index >= 15 is 0 Å². The molecule has 1 aromatic rings. The number of aryl methyl sites for hydroxylation is 1. The maximum absolute atomic E-state index is 2.37.